The van der Waals surface area contributed by atoms with Crippen molar-refractivity contribution in [3.63, 3.8) is 0 Å². The van der Waals surface area contributed by atoms with Crippen molar-refractivity contribution in [1.82, 2.24) is 15.1 Å². The third-order valence-corrected chi connectivity index (χ3v) is 6.61. The van der Waals surface area contributed by atoms with Crippen molar-refractivity contribution in [3.05, 3.63) is 53.5 Å². The van der Waals surface area contributed by atoms with Crippen LogP contribution in [-0.2, 0) is 17.8 Å². The molecule has 1 N–H and O–H groups in total. The van der Waals surface area contributed by atoms with E-state index in [0.717, 1.165) is 25.0 Å². The highest BCUT2D eigenvalue weighted by molar-refractivity contribution is 5.95. The minimum atomic E-state index is 0.0194. The van der Waals surface area contributed by atoms with Crippen molar-refractivity contribution in [2.75, 3.05) is 37.6 Å². The number of benzene rings is 1. The second-order valence-electron chi connectivity index (χ2n) is 8.98. The van der Waals surface area contributed by atoms with Gasteiger partial charge in [-0.05, 0) is 43.9 Å². The molecule has 0 bridgehead atoms. The van der Waals surface area contributed by atoms with E-state index in [-0.39, 0.29) is 11.8 Å². The van der Waals surface area contributed by atoms with Gasteiger partial charge in [0.25, 0.3) is 5.91 Å². The molecule has 1 aromatic carbocycles. The van der Waals surface area contributed by atoms with E-state index in [9.17, 15) is 9.59 Å². The van der Waals surface area contributed by atoms with Crippen LogP contribution in [0.4, 0.5) is 5.69 Å². The lowest BCUT2D eigenvalue weighted by molar-refractivity contribution is -0.122. The van der Waals surface area contributed by atoms with Gasteiger partial charge in [0.1, 0.15) is 5.76 Å². The molecule has 2 amide bonds. The van der Waals surface area contributed by atoms with Crippen LogP contribution < -0.4 is 10.2 Å². The number of piperazine rings is 1. The van der Waals surface area contributed by atoms with E-state index in [0.29, 0.717) is 56.9 Å². The second-order valence-corrected chi connectivity index (χ2v) is 8.98. The monoisotopic (exact) mass is 422 g/mol. The van der Waals surface area contributed by atoms with Gasteiger partial charge in [0.05, 0.1) is 24.9 Å². The van der Waals surface area contributed by atoms with Crippen LogP contribution in [0.15, 0.2) is 41.0 Å². The summed E-state index contributed by atoms with van der Waals surface area (Å²) in [5.74, 6) is 0.838. The highest BCUT2D eigenvalue weighted by Gasteiger charge is 2.30. The summed E-state index contributed by atoms with van der Waals surface area (Å²) in [4.78, 5) is 31.6. The largest absolute Gasteiger partial charge is 0.467 e. The predicted molar refractivity (Wildman–Crippen MR) is 118 cm³/mol. The molecule has 7 heteroatoms. The normalized spacial score (nSPS) is 21.3. The van der Waals surface area contributed by atoms with Gasteiger partial charge in [0, 0.05) is 44.0 Å². The Labute approximate surface area is 183 Å². The number of rotatable bonds is 6. The molecule has 164 valence electrons. The Morgan fingerprint density at radius 1 is 1.10 bits per heavy atom. The average molecular weight is 423 g/mol. The Morgan fingerprint density at radius 2 is 1.87 bits per heavy atom. The van der Waals surface area contributed by atoms with Gasteiger partial charge >= 0.3 is 0 Å². The molecule has 1 saturated heterocycles. The molecule has 2 aliphatic heterocycles. The van der Waals surface area contributed by atoms with Gasteiger partial charge in [0.15, 0.2) is 0 Å². The second kappa shape index (κ2) is 8.38. The maximum absolute atomic E-state index is 13.2. The van der Waals surface area contributed by atoms with Crippen LogP contribution in [0.25, 0.3) is 0 Å². The summed E-state index contributed by atoms with van der Waals surface area (Å²) < 4.78 is 5.77. The zero-order valence-electron chi connectivity index (χ0n) is 18.0. The molecule has 31 heavy (non-hydrogen) atoms. The smallest absolute Gasteiger partial charge is 0.257 e. The molecule has 1 unspecified atom stereocenters. The lowest BCUT2D eigenvalue weighted by Gasteiger charge is -2.34. The number of anilines is 1. The molecule has 1 aliphatic carbocycles. The van der Waals surface area contributed by atoms with Crippen LogP contribution in [-0.4, -0.2) is 66.4 Å². The van der Waals surface area contributed by atoms with Gasteiger partial charge in [-0.3, -0.25) is 14.5 Å². The molecule has 1 saturated carbocycles. The number of hydrogen-bond donors (Lipinski definition) is 1. The summed E-state index contributed by atoms with van der Waals surface area (Å²) in [6.07, 6.45) is 4.83. The van der Waals surface area contributed by atoms with Crippen molar-refractivity contribution in [1.29, 1.82) is 0 Å². The number of carbonyl (C=O) groups is 2. The Bertz CT molecular complexity index is 959. The number of nitrogens with one attached hydrogen (secondary N) is 1. The van der Waals surface area contributed by atoms with Crippen LogP contribution in [0.2, 0.25) is 0 Å². The molecule has 7 nitrogen and oxygen atoms in total. The van der Waals surface area contributed by atoms with Crippen molar-refractivity contribution in [2.45, 2.75) is 44.8 Å². The number of hydrogen-bond acceptors (Lipinski definition) is 5. The summed E-state index contributed by atoms with van der Waals surface area (Å²) in [5, 5.41) is 3.03. The van der Waals surface area contributed by atoms with E-state index in [4.69, 9.17) is 4.42 Å². The summed E-state index contributed by atoms with van der Waals surface area (Å²) in [5.41, 5.74) is 3.22. The quantitative estimate of drug-likeness (QED) is 0.774. The molecule has 5 rings (SSSR count). The molecular weight excluding hydrogens is 392 g/mol. The molecule has 3 heterocycles. The summed E-state index contributed by atoms with van der Waals surface area (Å²) in [6, 6.07) is 11.0. The van der Waals surface area contributed by atoms with E-state index in [1.54, 1.807) is 12.3 Å². The fraction of sp³-hybridized carbons (Fsp3) is 0.500. The molecule has 3 aliphatic rings. The van der Waals surface area contributed by atoms with E-state index < -0.39 is 0 Å². The van der Waals surface area contributed by atoms with Crippen LogP contribution in [0.1, 0.15) is 41.4 Å². The number of nitrogens with zero attached hydrogens (tertiary/aromatic N) is 3. The number of carbonyl (C=O) groups excluding carboxylic acids is 2. The standard InChI is InChI=1S/C24H30N4O3/c1-17-14-18-4-2-3-5-21(18)28(17)15-22-20(8-13-31-22)24(30)27-11-9-26(10-12-27)16-23(29)25-19-6-7-19/h2-5,8,13,17,19H,6-7,9-12,14-16H2,1H3,(H,25,29). The number of furan rings is 1. The summed E-state index contributed by atoms with van der Waals surface area (Å²) in [7, 11) is 0. The Morgan fingerprint density at radius 3 is 2.65 bits per heavy atom. The topological polar surface area (TPSA) is 69.0 Å². The van der Waals surface area contributed by atoms with Crippen LogP contribution in [0.5, 0.6) is 0 Å². The van der Waals surface area contributed by atoms with Gasteiger partial charge in [-0.15, -0.1) is 0 Å². The molecule has 2 aromatic rings. The first-order valence-electron chi connectivity index (χ1n) is 11.3. The predicted octanol–water partition coefficient (Wildman–Crippen LogP) is 2.27. The molecule has 1 atom stereocenters. The lowest BCUT2D eigenvalue weighted by atomic mass is 10.1. The van der Waals surface area contributed by atoms with E-state index >= 15 is 0 Å². The summed E-state index contributed by atoms with van der Waals surface area (Å²) in [6.45, 7) is 5.91. The van der Waals surface area contributed by atoms with Crippen molar-refractivity contribution in [3.8, 4) is 0 Å². The third-order valence-electron chi connectivity index (χ3n) is 6.61. The summed E-state index contributed by atoms with van der Waals surface area (Å²) >= 11 is 0. The Kier molecular flexibility index (Phi) is 5.44. The zero-order valence-corrected chi connectivity index (χ0v) is 18.0. The van der Waals surface area contributed by atoms with E-state index in [1.165, 1.54) is 11.3 Å². The average Bonchev–Trinajstić information content (AvgIpc) is 3.35. The minimum Gasteiger partial charge on any atom is -0.467 e. The van der Waals surface area contributed by atoms with Gasteiger partial charge in [-0.1, -0.05) is 18.2 Å². The van der Waals surface area contributed by atoms with Crippen molar-refractivity contribution >= 4 is 17.5 Å². The number of para-hydroxylation sites is 1. The molecule has 0 radical (unpaired) electrons. The first-order valence-corrected chi connectivity index (χ1v) is 11.3. The van der Waals surface area contributed by atoms with E-state index in [2.05, 4.69) is 46.3 Å². The maximum atomic E-state index is 13.2. The highest BCUT2D eigenvalue weighted by Crippen LogP contribution is 2.33. The Hall–Kier alpha value is -2.80. The molecule has 2 fully saturated rings. The fourth-order valence-electron chi connectivity index (χ4n) is 4.66. The first-order chi connectivity index (χ1) is 15.1. The first kappa shape index (κ1) is 20.1. The Balaban J connectivity index is 1.20. The third kappa shape index (κ3) is 4.32. The van der Waals surface area contributed by atoms with Gasteiger partial charge in [0.2, 0.25) is 5.91 Å². The molecule has 0 spiro atoms. The van der Waals surface area contributed by atoms with E-state index in [1.807, 2.05) is 4.90 Å². The van der Waals surface area contributed by atoms with Gasteiger partial charge in [-0.2, -0.15) is 0 Å². The number of fused-ring (bicyclic) bond motifs is 1. The maximum Gasteiger partial charge on any atom is 0.257 e. The highest BCUT2D eigenvalue weighted by atomic mass is 16.3. The van der Waals surface area contributed by atoms with Crippen molar-refractivity contribution < 1.29 is 14.0 Å². The molecule has 1 aromatic heterocycles. The van der Waals surface area contributed by atoms with Crippen LogP contribution >= 0.6 is 0 Å². The van der Waals surface area contributed by atoms with Crippen molar-refractivity contribution in [2.24, 2.45) is 0 Å². The number of amides is 2. The SMILES string of the molecule is CC1Cc2ccccc2N1Cc1occc1C(=O)N1CCN(CC(=O)NC2CC2)CC1. The van der Waals surface area contributed by atoms with Crippen LogP contribution in [0, 0.1) is 0 Å². The zero-order chi connectivity index (χ0) is 21.4. The van der Waals surface area contributed by atoms with Gasteiger partial charge in [-0.25, -0.2) is 0 Å². The minimum absolute atomic E-state index is 0.0194. The van der Waals surface area contributed by atoms with Crippen LogP contribution in [0.3, 0.4) is 0 Å². The lowest BCUT2D eigenvalue weighted by Crippen LogP contribution is -2.51. The van der Waals surface area contributed by atoms with Gasteiger partial charge < -0.3 is 19.5 Å². The fourth-order valence-corrected chi connectivity index (χ4v) is 4.66. The molecular formula is C24H30N4O3.